The molecular weight excluding hydrogens is 296 g/mol. The fourth-order valence-electron chi connectivity index (χ4n) is 2.37. The second-order valence-corrected chi connectivity index (χ2v) is 6.60. The molecule has 1 amide bonds. The third-order valence-corrected chi connectivity index (χ3v) is 3.49. The first-order valence-electron chi connectivity index (χ1n) is 8.00. The highest BCUT2D eigenvalue weighted by Crippen LogP contribution is 2.22. The van der Waals surface area contributed by atoms with E-state index in [0.717, 1.165) is 18.6 Å². The van der Waals surface area contributed by atoms with Crippen LogP contribution in [0.15, 0.2) is 17.3 Å². The first-order chi connectivity index (χ1) is 10.7. The quantitative estimate of drug-likeness (QED) is 0.575. The smallest absolute Gasteiger partial charge is 0.410 e. The number of carbonyl (C=O) groups excluding carboxylic acids is 2. The molecule has 1 saturated heterocycles. The van der Waals surface area contributed by atoms with Gasteiger partial charge >= 0.3 is 12.1 Å². The lowest BCUT2D eigenvalue weighted by molar-refractivity contribution is -0.140. The fraction of sp³-hybridized carbons (Fsp3) is 0.706. The number of carbonyl (C=O) groups is 2. The molecule has 0 radical (unpaired) electrons. The van der Waals surface area contributed by atoms with E-state index in [9.17, 15) is 9.59 Å². The van der Waals surface area contributed by atoms with Gasteiger partial charge in [-0.2, -0.15) is 0 Å². The lowest BCUT2D eigenvalue weighted by atomic mass is 10.1. The largest absolute Gasteiger partial charge is 0.469 e. The molecule has 1 aliphatic rings. The molecule has 1 aliphatic heterocycles. The second-order valence-electron chi connectivity index (χ2n) is 6.60. The number of hydrogen-bond acceptors (Lipinski definition) is 5. The summed E-state index contributed by atoms with van der Waals surface area (Å²) in [5.74, 6) is -0.234. The first kappa shape index (κ1) is 19.2. The Balaban J connectivity index is 2.58. The summed E-state index contributed by atoms with van der Waals surface area (Å²) < 4.78 is 10.0. The Morgan fingerprint density at radius 2 is 2.04 bits per heavy atom. The van der Waals surface area contributed by atoms with Crippen molar-refractivity contribution in [3.63, 3.8) is 0 Å². The van der Waals surface area contributed by atoms with Crippen LogP contribution in [0, 0.1) is 0 Å². The number of amides is 1. The van der Waals surface area contributed by atoms with E-state index in [1.807, 2.05) is 33.8 Å². The van der Waals surface area contributed by atoms with Crippen molar-refractivity contribution in [2.45, 2.75) is 65.0 Å². The molecule has 0 aromatic heterocycles. The van der Waals surface area contributed by atoms with Crippen LogP contribution in [0.1, 0.15) is 53.4 Å². The van der Waals surface area contributed by atoms with Gasteiger partial charge in [0.25, 0.3) is 0 Å². The van der Waals surface area contributed by atoms with E-state index in [-0.39, 0.29) is 18.1 Å². The minimum Gasteiger partial charge on any atom is -0.469 e. The van der Waals surface area contributed by atoms with Gasteiger partial charge in [0.15, 0.2) is 0 Å². The summed E-state index contributed by atoms with van der Waals surface area (Å²) in [6, 6.07) is -0.0184. The number of aliphatic imine (C=N–C) groups is 1. The van der Waals surface area contributed by atoms with Crippen LogP contribution in [0.5, 0.6) is 0 Å². The van der Waals surface area contributed by atoms with Crippen molar-refractivity contribution in [2.24, 2.45) is 4.99 Å². The number of allylic oxidation sites excluding steroid dienone is 1. The molecule has 23 heavy (non-hydrogen) atoms. The van der Waals surface area contributed by atoms with Gasteiger partial charge in [0.2, 0.25) is 0 Å². The minimum absolute atomic E-state index is 0.0184. The number of hydrogen-bond donors (Lipinski definition) is 0. The monoisotopic (exact) mass is 324 g/mol. The summed E-state index contributed by atoms with van der Waals surface area (Å²) in [6.07, 6.45) is 5.99. The second kappa shape index (κ2) is 8.70. The Bertz CT molecular complexity index is 477. The summed E-state index contributed by atoms with van der Waals surface area (Å²) in [7, 11) is 1.37. The molecule has 0 aliphatic carbocycles. The minimum atomic E-state index is -0.497. The Morgan fingerprint density at radius 3 is 2.65 bits per heavy atom. The molecule has 1 rings (SSSR count). The van der Waals surface area contributed by atoms with Gasteiger partial charge in [-0.1, -0.05) is 6.08 Å². The first-order valence-corrected chi connectivity index (χ1v) is 8.00. The van der Waals surface area contributed by atoms with Crippen LogP contribution in [0.2, 0.25) is 0 Å². The molecule has 0 aromatic carbocycles. The molecular formula is C17H28N2O4. The van der Waals surface area contributed by atoms with Crippen LogP contribution in [-0.4, -0.2) is 48.0 Å². The number of methoxy groups -OCH3 is 1. The molecule has 0 spiro atoms. The van der Waals surface area contributed by atoms with Gasteiger partial charge < -0.3 is 9.47 Å². The summed E-state index contributed by atoms with van der Waals surface area (Å²) in [4.78, 5) is 29.4. The number of rotatable bonds is 5. The number of likely N-dealkylation sites (tertiary alicyclic amines) is 1. The van der Waals surface area contributed by atoms with Crippen LogP contribution in [0.3, 0.4) is 0 Å². The lowest BCUT2D eigenvalue weighted by Crippen LogP contribution is -2.42. The molecule has 1 fully saturated rings. The molecule has 1 atom stereocenters. The average Bonchev–Trinajstić information content (AvgIpc) is 2.94. The van der Waals surface area contributed by atoms with E-state index >= 15 is 0 Å². The molecule has 130 valence electrons. The molecule has 0 bridgehead atoms. The molecule has 0 saturated carbocycles. The van der Waals surface area contributed by atoms with E-state index in [0.29, 0.717) is 19.4 Å². The lowest BCUT2D eigenvalue weighted by Gasteiger charge is -2.28. The molecule has 6 nitrogen and oxygen atoms in total. The van der Waals surface area contributed by atoms with Gasteiger partial charge in [0.1, 0.15) is 5.60 Å². The summed E-state index contributed by atoms with van der Waals surface area (Å²) in [5, 5.41) is 0. The van der Waals surface area contributed by atoms with Crippen molar-refractivity contribution in [2.75, 3.05) is 13.7 Å². The van der Waals surface area contributed by atoms with Crippen molar-refractivity contribution in [1.29, 1.82) is 0 Å². The summed E-state index contributed by atoms with van der Waals surface area (Å²) in [6.45, 7) is 8.19. The maximum absolute atomic E-state index is 12.2. The maximum atomic E-state index is 12.2. The third-order valence-electron chi connectivity index (χ3n) is 3.49. The SMILES string of the molecule is COC(=O)CC/C=C\N=C(/C)C1CCCN1C(=O)OC(C)(C)C. The van der Waals surface area contributed by atoms with E-state index in [1.165, 1.54) is 7.11 Å². The molecule has 1 unspecified atom stereocenters. The summed E-state index contributed by atoms with van der Waals surface area (Å²) in [5.41, 5.74) is 0.381. The third kappa shape index (κ3) is 6.84. The van der Waals surface area contributed by atoms with E-state index < -0.39 is 5.60 Å². The van der Waals surface area contributed by atoms with Crippen molar-refractivity contribution < 1.29 is 19.1 Å². The average molecular weight is 324 g/mol. The Kier molecular flexibility index (Phi) is 7.26. The van der Waals surface area contributed by atoms with Gasteiger partial charge in [-0.05, 0) is 47.0 Å². The Hall–Kier alpha value is -1.85. The van der Waals surface area contributed by atoms with Crippen molar-refractivity contribution in [3.8, 4) is 0 Å². The summed E-state index contributed by atoms with van der Waals surface area (Å²) >= 11 is 0. The highest BCUT2D eigenvalue weighted by atomic mass is 16.6. The van der Waals surface area contributed by atoms with Crippen LogP contribution >= 0.6 is 0 Å². The maximum Gasteiger partial charge on any atom is 0.410 e. The highest BCUT2D eigenvalue weighted by molar-refractivity contribution is 5.91. The van der Waals surface area contributed by atoms with Gasteiger partial charge in [-0.3, -0.25) is 14.7 Å². The van der Waals surface area contributed by atoms with Gasteiger partial charge in [0.05, 0.1) is 13.2 Å². The normalized spacial score (nSPS) is 19.3. The molecule has 0 aromatic rings. The standard InChI is InChI=1S/C17H28N2O4/c1-13(18-11-7-6-10-15(20)22-5)14-9-8-12-19(14)16(21)23-17(2,3)4/h7,11,14H,6,8-10,12H2,1-5H3/b11-7-,18-13+. The van der Waals surface area contributed by atoms with Crippen molar-refractivity contribution in [3.05, 3.63) is 12.3 Å². The molecule has 1 heterocycles. The Labute approximate surface area is 138 Å². The van der Waals surface area contributed by atoms with Gasteiger partial charge in [-0.25, -0.2) is 4.79 Å². The van der Waals surface area contributed by atoms with Crippen LogP contribution < -0.4 is 0 Å². The fourth-order valence-corrected chi connectivity index (χ4v) is 2.37. The van der Waals surface area contributed by atoms with Gasteiger partial charge in [-0.15, -0.1) is 0 Å². The van der Waals surface area contributed by atoms with Crippen LogP contribution in [0.4, 0.5) is 4.79 Å². The molecule has 0 N–H and O–H groups in total. The van der Waals surface area contributed by atoms with Crippen LogP contribution in [0.25, 0.3) is 0 Å². The van der Waals surface area contributed by atoms with Gasteiger partial charge in [0, 0.05) is 24.9 Å². The highest BCUT2D eigenvalue weighted by Gasteiger charge is 2.33. The number of esters is 1. The zero-order chi connectivity index (χ0) is 17.5. The topological polar surface area (TPSA) is 68.2 Å². The predicted molar refractivity (Wildman–Crippen MR) is 89.5 cm³/mol. The van der Waals surface area contributed by atoms with Crippen molar-refractivity contribution in [1.82, 2.24) is 4.90 Å². The number of ether oxygens (including phenoxy) is 2. The van der Waals surface area contributed by atoms with Crippen molar-refractivity contribution >= 4 is 17.8 Å². The van der Waals surface area contributed by atoms with E-state index in [4.69, 9.17) is 4.74 Å². The zero-order valence-corrected chi connectivity index (χ0v) is 14.8. The number of nitrogens with zero attached hydrogens (tertiary/aromatic N) is 2. The zero-order valence-electron chi connectivity index (χ0n) is 14.8. The van der Waals surface area contributed by atoms with Crippen LogP contribution in [-0.2, 0) is 14.3 Å². The van der Waals surface area contributed by atoms with E-state index in [2.05, 4.69) is 9.73 Å². The molecule has 6 heteroatoms. The van der Waals surface area contributed by atoms with E-state index in [1.54, 1.807) is 11.1 Å². The predicted octanol–water partition coefficient (Wildman–Crippen LogP) is 3.31. The Morgan fingerprint density at radius 1 is 1.35 bits per heavy atom.